The van der Waals surface area contributed by atoms with Gasteiger partial charge in [0.1, 0.15) is 30.3 Å². The number of rotatable bonds is 8. The minimum Gasteiger partial charge on any atom is -0.508 e. The Morgan fingerprint density at radius 2 is 1.58 bits per heavy atom. The number of esters is 3. The van der Waals surface area contributed by atoms with Gasteiger partial charge >= 0.3 is 17.9 Å². The van der Waals surface area contributed by atoms with E-state index in [-0.39, 0.29) is 29.1 Å². The fourth-order valence-electron chi connectivity index (χ4n) is 1.60. The molecule has 0 saturated heterocycles. The van der Waals surface area contributed by atoms with Crippen LogP contribution in [0.2, 0.25) is 0 Å². The Balaban J connectivity index is 2.75. The molecule has 0 aromatic heterocycles. The van der Waals surface area contributed by atoms with Crippen molar-refractivity contribution >= 4 is 17.9 Å². The van der Waals surface area contributed by atoms with Gasteiger partial charge in [0.15, 0.2) is 6.10 Å². The molecule has 1 rings (SSSR count). The van der Waals surface area contributed by atoms with Crippen molar-refractivity contribution in [3.8, 4) is 11.5 Å². The van der Waals surface area contributed by atoms with Crippen LogP contribution >= 0.6 is 0 Å². The van der Waals surface area contributed by atoms with Gasteiger partial charge in [0.25, 0.3) is 0 Å². The summed E-state index contributed by atoms with van der Waals surface area (Å²) in [4.78, 5) is 35.1. The van der Waals surface area contributed by atoms with Crippen LogP contribution < -0.4 is 0 Å². The van der Waals surface area contributed by atoms with Crippen LogP contribution in [-0.2, 0) is 23.8 Å². The van der Waals surface area contributed by atoms with Gasteiger partial charge in [0.2, 0.25) is 0 Å². The van der Waals surface area contributed by atoms with Crippen LogP contribution in [0.25, 0.3) is 0 Å². The highest BCUT2D eigenvalue weighted by molar-refractivity contribution is 5.92. The molecule has 0 aliphatic heterocycles. The molecule has 1 aromatic carbocycles. The van der Waals surface area contributed by atoms with Crippen molar-refractivity contribution < 1.29 is 38.8 Å². The van der Waals surface area contributed by atoms with Crippen molar-refractivity contribution in [1.29, 1.82) is 0 Å². The third-order valence-corrected chi connectivity index (χ3v) is 2.97. The first-order valence-electron chi connectivity index (χ1n) is 7.50. The molecule has 0 aliphatic rings. The first kappa shape index (κ1) is 20.8. The lowest BCUT2D eigenvalue weighted by Gasteiger charge is -2.18. The van der Waals surface area contributed by atoms with Gasteiger partial charge in [0, 0.05) is 17.2 Å². The highest BCUT2D eigenvalue weighted by Gasteiger charge is 2.21. The molecule has 2 N–H and O–H groups in total. The third kappa shape index (κ3) is 6.31. The van der Waals surface area contributed by atoms with Crippen molar-refractivity contribution in [3.05, 3.63) is 48.1 Å². The van der Waals surface area contributed by atoms with Crippen LogP contribution in [0.1, 0.15) is 24.2 Å². The number of carbonyl (C=O) groups excluding carboxylic acids is 3. The summed E-state index contributed by atoms with van der Waals surface area (Å²) in [5.74, 6) is -3.04. The number of benzene rings is 1. The summed E-state index contributed by atoms with van der Waals surface area (Å²) in [6.45, 7) is 8.95. The smallest absolute Gasteiger partial charge is 0.342 e. The zero-order valence-electron chi connectivity index (χ0n) is 14.5. The number of carbonyl (C=O) groups is 3. The molecule has 1 unspecified atom stereocenters. The normalized spacial score (nSPS) is 11.2. The lowest BCUT2D eigenvalue weighted by atomic mass is 10.2. The van der Waals surface area contributed by atoms with E-state index >= 15 is 0 Å². The maximum absolute atomic E-state index is 12.0. The summed E-state index contributed by atoms with van der Waals surface area (Å²) >= 11 is 0. The summed E-state index contributed by atoms with van der Waals surface area (Å²) < 4.78 is 14.9. The quantitative estimate of drug-likeness (QED) is 0.407. The maximum atomic E-state index is 12.0. The second-order valence-corrected chi connectivity index (χ2v) is 5.49. The lowest BCUT2D eigenvalue weighted by molar-refractivity contribution is -0.156. The third-order valence-electron chi connectivity index (χ3n) is 2.97. The Kier molecular flexibility index (Phi) is 7.39. The van der Waals surface area contributed by atoms with E-state index in [0.29, 0.717) is 0 Å². The first-order valence-corrected chi connectivity index (χ1v) is 7.50. The number of phenols is 2. The molecule has 0 heterocycles. The van der Waals surface area contributed by atoms with Gasteiger partial charge in [-0.3, -0.25) is 0 Å². The molecule has 0 spiro atoms. The Hall–Kier alpha value is -3.29. The second kappa shape index (κ2) is 9.26. The predicted molar refractivity (Wildman–Crippen MR) is 90.5 cm³/mol. The van der Waals surface area contributed by atoms with Crippen molar-refractivity contribution in [2.45, 2.75) is 20.0 Å². The monoisotopic (exact) mass is 364 g/mol. The van der Waals surface area contributed by atoms with Gasteiger partial charge in [-0.05, 0) is 26.0 Å². The van der Waals surface area contributed by atoms with E-state index < -0.39 is 36.4 Å². The van der Waals surface area contributed by atoms with Crippen molar-refractivity contribution in [2.24, 2.45) is 0 Å². The molecule has 0 saturated carbocycles. The predicted octanol–water partition coefficient (Wildman–Crippen LogP) is 1.86. The molecule has 1 aromatic rings. The van der Waals surface area contributed by atoms with E-state index in [2.05, 4.69) is 13.2 Å². The van der Waals surface area contributed by atoms with Crippen LogP contribution in [0.3, 0.4) is 0 Å². The first-order chi connectivity index (χ1) is 12.1. The molecule has 26 heavy (non-hydrogen) atoms. The van der Waals surface area contributed by atoms with Crippen molar-refractivity contribution in [3.63, 3.8) is 0 Å². The molecule has 1 atom stereocenters. The van der Waals surface area contributed by atoms with Crippen molar-refractivity contribution in [1.82, 2.24) is 0 Å². The minimum absolute atomic E-state index is 0.115. The largest absolute Gasteiger partial charge is 0.508 e. The van der Waals surface area contributed by atoms with E-state index in [4.69, 9.17) is 14.2 Å². The van der Waals surface area contributed by atoms with Gasteiger partial charge in [-0.1, -0.05) is 13.2 Å². The van der Waals surface area contributed by atoms with Crippen LogP contribution in [-0.4, -0.2) is 47.4 Å². The summed E-state index contributed by atoms with van der Waals surface area (Å²) in [6.07, 6.45) is -1.08. The molecular weight excluding hydrogens is 344 g/mol. The number of hydrogen-bond acceptors (Lipinski definition) is 8. The van der Waals surface area contributed by atoms with Crippen molar-refractivity contribution in [2.75, 3.05) is 13.2 Å². The number of phenolic OH excluding ortho intramolecular Hbond substituents is 2. The number of hydrogen-bond donors (Lipinski definition) is 2. The SMILES string of the molecule is C=C(C)C(=O)OCC(COC(=O)c1ccc(O)cc1O)OC(=O)C(=C)C. The molecule has 0 amide bonds. The highest BCUT2D eigenvalue weighted by Crippen LogP contribution is 2.23. The summed E-state index contributed by atoms with van der Waals surface area (Å²) in [7, 11) is 0. The van der Waals surface area contributed by atoms with Gasteiger partial charge < -0.3 is 24.4 Å². The molecule has 8 heteroatoms. The Morgan fingerprint density at radius 1 is 1.00 bits per heavy atom. The number of aromatic hydroxyl groups is 2. The van der Waals surface area contributed by atoms with E-state index in [0.717, 1.165) is 6.07 Å². The molecule has 0 bridgehead atoms. The molecule has 0 aliphatic carbocycles. The van der Waals surface area contributed by atoms with E-state index in [1.165, 1.54) is 26.0 Å². The standard InChI is InChI=1S/C18H20O8/c1-10(2)16(21)24-8-13(26-17(22)11(3)4)9-25-18(23)14-6-5-12(19)7-15(14)20/h5-7,13,19-20H,1,3,8-9H2,2,4H3. The summed E-state index contributed by atoms with van der Waals surface area (Å²) in [6, 6.07) is 3.34. The molecule has 140 valence electrons. The van der Waals surface area contributed by atoms with Gasteiger partial charge in [-0.25, -0.2) is 14.4 Å². The Morgan fingerprint density at radius 3 is 2.12 bits per heavy atom. The maximum Gasteiger partial charge on any atom is 0.342 e. The zero-order chi connectivity index (χ0) is 19.9. The Bertz CT molecular complexity index is 735. The number of ether oxygens (including phenoxy) is 3. The molecule has 8 nitrogen and oxygen atoms in total. The van der Waals surface area contributed by atoms with Gasteiger partial charge in [0.05, 0.1) is 0 Å². The lowest BCUT2D eigenvalue weighted by Crippen LogP contribution is -2.31. The molecule has 0 fully saturated rings. The van der Waals surface area contributed by atoms with Crippen LogP contribution in [0.4, 0.5) is 0 Å². The van der Waals surface area contributed by atoms with Crippen LogP contribution in [0.15, 0.2) is 42.5 Å². The van der Waals surface area contributed by atoms with E-state index in [1.807, 2.05) is 0 Å². The van der Waals surface area contributed by atoms with Crippen LogP contribution in [0, 0.1) is 0 Å². The Labute approximate surface area is 150 Å². The van der Waals surface area contributed by atoms with Gasteiger partial charge in [-0.15, -0.1) is 0 Å². The van der Waals surface area contributed by atoms with E-state index in [9.17, 15) is 24.6 Å². The fraction of sp³-hybridized carbons (Fsp3) is 0.278. The highest BCUT2D eigenvalue weighted by atomic mass is 16.6. The topological polar surface area (TPSA) is 119 Å². The molecule has 0 radical (unpaired) electrons. The fourth-order valence-corrected chi connectivity index (χ4v) is 1.60. The van der Waals surface area contributed by atoms with Gasteiger partial charge in [-0.2, -0.15) is 0 Å². The summed E-state index contributed by atoms with van der Waals surface area (Å²) in [5, 5.41) is 18.9. The average molecular weight is 364 g/mol. The zero-order valence-corrected chi connectivity index (χ0v) is 14.5. The molecular formula is C18H20O8. The van der Waals surface area contributed by atoms with Crippen LogP contribution in [0.5, 0.6) is 11.5 Å². The van der Waals surface area contributed by atoms with E-state index in [1.54, 1.807) is 0 Å². The minimum atomic E-state index is -1.08. The summed E-state index contributed by atoms with van der Waals surface area (Å²) in [5.41, 5.74) is 0.0800. The average Bonchev–Trinajstić information content (AvgIpc) is 2.56. The second-order valence-electron chi connectivity index (χ2n) is 5.49.